The maximum Gasteiger partial charge on any atom is 0.239 e. The number of amides is 1. The summed E-state index contributed by atoms with van der Waals surface area (Å²) in [7, 11) is 3.58. The number of rotatable bonds is 6. The second-order valence-electron chi connectivity index (χ2n) is 5.31. The van der Waals surface area contributed by atoms with Crippen LogP contribution in [-0.4, -0.2) is 35.9 Å². The van der Waals surface area contributed by atoms with E-state index in [-0.39, 0.29) is 11.9 Å². The topological polar surface area (TPSA) is 45.2 Å². The lowest BCUT2D eigenvalue weighted by Crippen LogP contribution is -2.44. The molecule has 4 nitrogen and oxygen atoms in total. The third kappa shape index (κ3) is 5.70. The minimum Gasteiger partial charge on any atom is -0.347 e. The van der Waals surface area contributed by atoms with Crippen LogP contribution in [0, 0.1) is 5.92 Å². The first-order valence-electron chi connectivity index (χ1n) is 6.44. The Balaban J connectivity index is 2.65. The minimum absolute atomic E-state index is 0.122. The zero-order valence-corrected chi connectivity index (χ0v) is 13.6. The largest absolute Gasteiger partial charge is 0.347 e. The highest BCUT2D eigenvalue weighted by molar-refractivity contribution is 9.10. The van der Waals surface area contributed by atoms with Crippen molar-refractivity contribution in [3.05, 3.63) is 28.5 Å². The van der Waals surface area contributed by atoms with Gasteiger partial charge < -0.3 is 10.2 Å². The van der Waals surface area contributed by atoms with Crippen LogP contribution in [0.4, 0.5) is 0 Å². The molecule has 1 heterocycles. The van der Waals surface area contributed by atoms with Gasteiger partial charge in [-0.05, 0) is 39.9 Å². The Hall–Kier alpha value is -0.940. The molecule has 0 spiro atoms. The minimum atomic E-state index is -0.144. The molecule has 1 amide bonds. The van der Waals surface area contributed by atoms with Crippen molar-refractivity contribution in [1.29, 1.82) is 0 Å². The Kier molecular flexibility index (Phi) is 6.45. The first kappa shape index (κ1) is 16.1. The molecule has 1 rings (SSSR count). The van der Waals surface area contributed by atoms with Crippen molar-refractivity contribution in [3.8, 4) is 0 Å². The van der Waals surface area contributed by atoms with Crippen molar-refractivity contribution in [2.24, 2.45) is 5.92 Å². The first-order chi connectivity index (χ1) is 8.90. The summed E-state index contributed by atoms with van der Waals surface area (Å²) in [4.78, 5) is 17.9. The molecule has 0 saturated heterocycles. The van der Waals surface area contributed by atoms with Gasteiger partial charge in [0.05, 0.1) is 6.04 Å². The van der Waals surface area contributed by atoms with Gasteiger partial charge in [0, 0.05) is 37.5 Å². The van der Waals surface area contributed by atoms with Gasteiger partial charge in [0.25, 0.3) is 0 Å². The van der Waals surface area contributed by atoms with Gasteiger partial charge in [-0.15, -0.1) is 0 Å². The van der Waals surface area contributed by atoms with Crippen molar-refractivity contribution in [1.82, 2.24) is 15.2 Å². The number of nitrogens with zero attached hydrogens (tertiary/aromatic N) is 2. The van der Waals surface area contributed by atoms with Crippen LogP contribution in [0.15, 0.2) is 22.9 Å². The van der Waals surface area contributed by atoms with E-state index < -0.39 is 0 Å². The van der Waals surface area contributed by atoms with E-state index in [1.807, 2.05) is 12.3 Å². The van der Waals surface area contributed by atoms with E-state index in [0.717, 1.165) is 16.5 Å². The number of halogens is 1. The number of carbonyl (C=O) groups is 1. The van der Waals surface area contributed by atoms with Gasteiger partial charge in [0.1, 0.15) is 0 Å². The fraction of sp³-hybridized carbons (Fsp3) is 0.571. The van der Waals surface area contributed by atoms with Crippen LogP contribution >= 0.6 is 15.9 Å². The van der Waals surface area contributed by atoms with Crippen molar-refractivity contribution in [2.75, 3.05) is 14.1 Å². The molecule has 0 bridgehead atoms. The molecule has 5 heteroatoms. The second kappa shape index (κ2) is 7.60. The molecule has 106 valence electrons. The van der Waals surface area contributed by atoms with Crippen LogP contribution in [0.3, 0.4) is 0 Å². The third-order valence-corrected chi connectivity index (χ3v) is 3.19. The maximum absolute atomic E-state index is 12.1. The maximum atomic E-state index is 12.1. The van der Waals surface area contributed by atoms with Gasteiger partial charge in [0.2, 0.25) is 5.91 Å². The molecule has 0 fully saturated rings. The Labute approximate surface area is 123 Å². The summed E-state index contributed by atoms with van der Waals surface area (Å²) < 4.78 is 0.950. The summed E-state index contributed by atoms with van der Waals surface area (Å²) in [6.07, 6.45) is 4.39. The molecule has 0 aliphatic rings. The molecule has 0 saturated carbocycles. The molecule has 1 aromatic rings. The van der Waals surface area contributed by atoms with Crippen molar-refractivity contribution in [2.45, 2.75) is 32.9 Å². The average Bonchev–Trinajstić information content (AvgIpc) is 2.33. The van der Waals surface area contributed by atoms with Crippen LogP contribution < -0.4 is 5.32 Å². The average molecular weight is 328 g/mol. The number of aromatic nitrogens is 1. The van der Waals surface area contributed by atoms with Crippen molar-refractivity contribution >= 4 is 21.8 Å². The van der Waals surface area contributed by atoms with E-state index in [2.05, 4.69) is 40.1 Å². The number of nitrogens with one attached hydrogen (secondary N) is 1. The highest BCUT2D eigenvalue weighted by atomic mass is 79.9. The van der Waals surface area contributed by atoms with Gasteiger partial charge in [-0.3, -0.25) is 9.78 Å². The van der Waals surface area contributed by atoms with Gasteiger partial charge in [-0.1, -0.05) is 13.8 Å². The van der Waals surface area contributed by atoms with Crippen LogP contribution in [0.2, 0.25) is 0 Å². The summed E-state index contributed by atoms with van der Waals surface area (Å²) in [5, 5.41) is 3.32. The van der Waals surface area contributed by atoms with E-state index >= 15 is 0 Å². The van der Waals surface area contributed by atoms with Crippen LogP contribution in [-0.2, 0) is 11.3 Å². The number of hydrogen-bond acceptors (Lipinski definition) is 3. The highest BCUT2D eigenvalue weighted by Crippen LogP contribution is 2.11. The molecule has 0 radical (unpaired) electrons. The van der Waals surface area contributed by atoms with Gasteiger partial charge in [0.15, 0.2) is 0 Å². The molecule has 19 heavy (non-hydrogen) atoms. The Morgan fingerprint density at radius 2 is 2.11 bits per heavy atom. The number of pyridine rings is 1. The summed E-state index contributed by atoms with van der Waals surface area (Å²) in [6, 6.07) is 1.86. The smallest absolute Gasteiger partial charge is 0.239 e. The number of hydrogen-bond donors (Lipinski definition) is 1. The second-order valence-corrected chi connectivity index (χ2v) is 6.22. The predicted octanol–water partition coefficient (Wildman–Crippen LogP) is 2.44. The lowest BCUT2D eigenvalue weighted by molar-refractivity contribution is -0.131. The molecule has 0 aromatic carbocycles. The van der Waals surface area contributed by atoms with E-state index in [9.17, 15) is 4.79 Å². The molecule has 0 aliphatic heterocycles. The molecule has 1 unspecified atom stereocenters. The van der Waals surface area contributed by atoms with E-state index in [1.54, 1.807) is 25.2 Å². The Bertz CT molecular complexity index is 421. The number of carbonyl (C=O) groups excluding carboxylic acids is 1. The fourth-order valence-electron chi connectivity index (χ4n) is 1.85. The first-order valence-corrected chi connectivity index (χ1v) is 7.23. The lowest BCUT2D eigenvalue weighted by Gasteiger charge is -2.23. The van der Waals surface area contributed by atoms with Crippen LogP contribution in [0.1, 0.15) is 25.8 Å². The van der Waals surface area contributed by atoms with Crippen LogP contribution in [0.5, 0.6) is 0 Å². The summed E-state index contributed by atoms with van der Waals surface area (Å²) in [5.41, 5.74) is 1.06. The van der Waals surface area contributed by atoms with Gasteiger partial charge in [-0.2, -0.15) is 0 Å². The van der Waals surface area contributed by atoms with Crippen LogP contribution in [0.25, 0.3) is 0 Å². The molecular weight excluding hydrogens is 306 g/mol. The van der Waals surface area contributed by atoms with Crippen molar-refractivity contribution < 1.29 is 4.79 Å². The molecular formula is C14H22BrN3O. The zero-order chi connectivity index (χ0) is 14.4. The molecule has 1 aromatic heterocycles. The van der Waals surface area contributed by atoms with E-state index in [0.29, 0.717) is 12.5 Å². The Morgan fingerprint density at radius 1 is 1.42 bits per heavy atom. The summed E-state index contributed by atoms with van der Waals surface area (Å²) in [6.45, 7) is 4.89. The van der Waals surface area contributed by atoms with E-state index in [4.69, 9.17) is 0 Å². The molecule has 0 aliphatic carbocycles. The Morgan fingerprint density at radius 3 is 2.63 bits per heavy atom. The fourth-order valence-corrected chi connectivity index (χ4v) is 2.26. The van der Waals surface area contributed by atoms with Gasteiger partial charge in [-0.25, -0.2) is 0 Å². The van der Waals surface area contributed by atoms with Crippen molar-refractivity contribution in [3.63, 3.8) is 0 Å². The SMILES string of the molecule is CC(C)CC(NCc1cncc(Br)c1)C(=O)N(C)C. The predicted molar refractivity (Wildman–Crippen MR) is 80.7 cm³/mol. The third-order valence-electron chi connectivity index (χ3n) is 2.76. The zero-order valence-electron chi connectivity index (χ0n) is 12.0. The van der Waals surface area contributed by atoms with Gasteiger partial charge >= 0.3 is 0 Å². The lowest BCUT2D eigenvalue weighted by atomic mass is 10.0. The molecule has 1 atom stereocenters. The molecule has 1 N–H and O–H groups in total. The normalized spacial score (nSPS) is 12.5. The highest BCUT2D eigenvalue weighted by Gasteiger charge is 2.20. The van der Waals surface area contributed by atoms with E-state index in [1.165, 1.54) is 0 Å². The monoisotopic (exact) mass is 327 g/mol. The quantitative estimate of drug-likeness (QED) is 0.872. The number of likely N-dealkylation sites (N-methyl/N-ethyl adjacent to an activating group) is 1. The summed E-state index contributed by atoms with van der Waals surface area (Å²) >= 11 is 3.40. The summed E-state index contributed by atoms with van der Waals surface area (Å²) in [5.74, 6) is 0.596. The standard InChI is InChI=1S/C14H22BrN3O/c1-10(2)5-13(14(19)18(3)4)17-8-11-6-12(15)9-16-7-11/h6-7,9-10,13,17H,5,8H2,1-4H3.